The lowest BCUT2D eigenvalue weighted by atomic mass is 10.1. The first-order valence-electron chi connectivity index (χ1n) is 8.46. The lowest BCUT2D eigenvalue weighted by Gasteiger charge is -2.11. The molecule has 0 fully saturated rings. The van der Waals surface area contributed by atoms with Gasteiger partial charge in [0.1, 0.15) is 11.0 Å². The fourth-order valence-electron chi connectivity index (χ4n) is 2.77. The van der Waals surface area contributed by atoms with E-state index in [-0.39, 0.29) is 29.8 Å². The highest BCUT2D eigenvalue weighted by molar-refractivity contribution is 14.0. The number of aromatic nitrogens is 2. The summed E-state index contributed by atoms with van der Waals surface area (Å²) in [6.45, 7) is 1.44. The van der Waals surface area contributed by atoms with E-state index in [0.717, 1.165) is 47.4 Å². The van der Waals surface area contributed by atoms with Crippen molar-refractivity contribution in [3.05, 3.63) is 64.8 Å². The Balaban J connectivity index is 0.00000261. The Morgan fingerprint density at radius 2 is 1.96 bits per heavy atom. The number of guanidine groups is 1. The van der Waals surface area contributed by atoms with Crippen LogP contribution in [0.1, 0.15) is 11.1 Å². The number of hydrogen-bond acceptors (Lipinski definition) is 2. The average molecular weight is 502 g/mol. The van der Waals surface area contributed by atoms with Crippen molar-refractivity contribution in [1.29, 1.82) is 0 Å². The maximum Gasteiger partial charge on any atom is 0.190 e. The summed E-state index contributed by atoms with van der Waals surface area (Å²) in [6.07, 6.45) is 5.30. The van der Waals surface area contributed by atoms with Gasteiger partial charge in [0, 0.05) is 43.4 Å². The van der Waals surface area contributed by atoms with Gasteiger partial charge in [0.25, 0.3) is 0 Å². The van der Waals surface area contributed by atoms with Crippen LogP contribution < -0.4 is 10.6 Å². The Bertz CT molecular complexity index is 895. The summed E-state index contributed by atoms with van der Waals surface area (Å²) < 4.78 is 13.4. The van der Waals surface area contributed by atoms with Gasteiger partial charge in [0.15, 0.2) is 5.96 Å². The summed E-state index contributed by atoms with van der Waals surface area (Å²) in [4.78, 5) is 11.5. The number of nitrogens with zero attached hydrogens (tertiary/aromatic N) is 2. The zero-order valence-electron chi connectivity index (χ0n) is 14.9. The Kier molecular flexibility index (Phi) is 8.30. The summed E-state index contributed by atoms with van der Waals surface area (Å²) >= 11 is 5.78. The van der Waals surface area contributed by atoms with E-state index in [2.05, 4.69) is 25.6 Å². The third-order valence-corrected chi connectivity index (χ3v) is 4.36. The molecule has 8 heteroatoms. The molecule has 0 aliphatic rings. The number of aromatic amines is 1. The molecule has 3 N–H and O–H groups in total. The molecule has 1 aromatic carbocycles. The molecule has 0 aliphatic carbocycles. The van der Waals surface area contributed by atoms with Crippen LogP contribution in [0.5, 0.6) is 0 Å². The molecule has 0 spiro atoms. The van der Waals surface area contributed by atoms with Gasteiger partial charge in [0.05, 0.1) is 0 Å². The molecule has 0 amide bonds. The second kappa shape index (κ2) is 10.5. The van der Waals surface area contributed by atoms with Crippen LogP contribution in [-0.4, -0.2) is 36.1 Å². The number of aliphatic imine (C=N–C) groups is 1. The SMILES string of the molecule is CN=C(NCCc1ccc(Cl)nc1)NCCc1c[nH]c2ccc(F)cc12.I. The van der Waals surface area contributed by atoms with Gasteiger partial charge in [-0.15, -0.1) is 24.0 Å². The third-order valence-electron chi connectivity index (χ3n) is 4.13. The fourth-order valence-corrected chi connectivity index (χ4v) is 2.89. The topological polar surface area (TPSA) is 65.1 Å². The molecule has 5 nitrogen and oxygen atoms in total. The lowest BCUT2D eigenvalue weighted by molar-refractivity contribution is 0.629. The second-order valence-electron chi connectivity index (χ2n) is 5.92. The largest absolute Gasteiger partial charge is 0.361 e. The van der Waals surface area contributed by atoms with Crippen molar-refractivity contribution < 1.29 is 4.39 Å². The van der Waals surface area contributed by atoms with Crippen molar-refractivity contribution in [2.45, 2.75) is 12.8 Å². The summed E-state index contributed by atoms with van der Waals surface area (Å²) in [6, 6.07) is 8.53. The van der Waals surface area contributed by atoms with Crippen molar-refractivity contribution in [2.75, 3.05) is 20.1 Å². The van der Waals surface area contributed by atoms with Gasteiger partial charge in [-0.05, 0) is 48.2 Å². The number of nitrogens with one attached hydrogen (secondary N) is 3. The number of hydrogen-bond donors (Lipinski definition) is 3. The van der Waals surface area contributed by atoms with E-state index in [9.17, 15) is 4.39 Å². The van der Waals surface area contributed by atoms with E-state index in [1.165, 1.54) is 6.07 Å². The van der Waals surface area contributed by atoms with Crippen LogP contribution in [0.15, 0.2) is 47.7 Å². The molecule has 2 aromatic heterocycles. The summed E-state index contributed by atoms with van der Waals surface area (Å²) in [7, 11) is 1.74. The molecule has 2 heterocycles. The number of benzene rings is 1. The minimum Gasteiger partial charge on any atom is -0.361 e. The highest BCUT2D eigenvalue weighted by Gasteiger charge is 2.05. The standard InChI is InChI=1S/C19H21ClFN5.HI/c1-22-19(23-8-6-13-2-5-18(20)26-11-13)24-9-7-14-12-25-17-4-3-15(21)10-16(14)17;/h2-5,10-12,25H,6-9H2,1H3,(H2,22,23,24);1H. The smallest absolute Gasteiger partial charge is 0.190 e. The van der Waals surface area contributed by atoms with Gasteiger partial charge in [-0.1, -0.05) is 17.7 Å². The Morgan fingerprint density at radius 1 is 1.19 bits per heavy atom. The van der Waals surface area contributed by atoms with E-state index in [1.807, 2.05) is 12.3 Å². The average Bonchev–Trinajstić information content (AvgIpc) is 3.04. The molecular weight excluding hydrogens is 480 g/mol. The van der Waals surface area contributed by atoms with Crippen molar-refractivity contribution in [3.63, 3.8) is 0 Å². The van der Waals surface area contributed by atoms with Gasteiger partial charge in [0.2, 0.25) is 0 Å². The van der Waals surface area contributed by atoms with Gasteiger partial charge >= 0.3 is 0 Å². The first kappa shape index (κ1) is 21.4. The predicted molar refractivity (Wildman–Crippen MR) is 120 cm³/mol. The van der Waals surface area contributed by atoms with Crippen LogP contribution in [0.2, 0.25) is 5.15 Å². The molecule has 0 radical (unpaired) electrons. The Labute approximate surface area is 179 Å². The number of halogens is 3. The summed E-state index contributed by atoms with van der Waals surface area (Å²) in [5, 5.41) is 7.96. The molecule has 3 aromatic rings. The van der Waals surface area contributed by atoms with Crippen LogP contribution in [0.3, 0.4) is 0 Å². The molecule has 27 heavy (non-hydrogen) atoms. The van der Waals surface area contributed by atoms with Gasteiger partial charge in [-0.3, -0.25) is 4.99 Å². The monoisotopic (exact) mass is 501 g/mol. The lowest BCUT2D eigenvalue weighted by Crippen LogP contribution is -2.39. The molecular formula is C19H22ClFIN5. The molecule has 3 rings (SSSR count). The number of H-pyrrole nitrogens is 1. The Hall–Kier alpha value is -1.87. The van der Waals surface area contributed by atoms with Crippen molar-refractivity contribution >= 4 is 52.4 Å². The van der Waals surface area contributed by atoms with E-state index in [1.54, 1.807) is 31.4 Å². The minimum absolute atomic E-state index is 0. The number of fused-ring (bicyclic) bond motifs is 1. The first-order valence-corrected chi connectivity index (χ1v) is 8.84. The third kappa shape index (κ3) is 6.07. The number of rotatable bonds is 6. The quantitative estimate of drug-likeness (QED) is 0.208. The maximum atomic E-state index is 13.4. The molecule has 0 unspecified atom stereocenters. The zero-order valence-corrected chi connectivity index (χ0v) is 18.0. The van der Waals surface area contributed by atoms with Crippen molar-refractivity contribution in [3.8, 4) is 0 Å². The molecule has 144 valence electrons. The van der Waals surface area contributed by atoms with Crippen molar-refractivity contribution in [2.24, 2.45) is 4.99 Å². The van der Waals surface area contributed by atoms with Gasteiger partial charge < -0.3 is 15.6 Å². The van der Waals surface area contributed by atoms with Crippen LogP contribution in [0.4, 0.5) is 4.39 Å². The van der Waals surface area contributed by atoms with Gasteiger partial charge in [-0.25, -0.2) is 9.37 Å². The number of pyridine rings is 1. The van der Waals surface area contributed by atoms with E-state index < -0.39 is 0 Å². The maximum absolute atomic E-state index is 13.4. The summed E-state index contributed by atoms with van der Waals surface area (Å²) in [5.41, 5.74) is 3.13. The predicted octanol–water partition coefficient (Wildman–Crippen LogP) is 3.92. The van der Waals surface area contributed by atoms with E-state index >= 15 is 0 Å². The first-order chi connectivity index (χ1) is 12.7. The van der Waals surface area contributed by atoms with Crippen LogP contribution in [0.25, 0.3) is 10.9 Å². The van der Waals surface area contributed by atoms with Gasteiger partial charge in [-0.2, -0.15) is 0 Å². The molecule has 0 saturated carbocycles. The normalized spacial score (nSPS) is 11.3. The second-order valence-corrected chi connectivity index (χ2v) is 6.31. The molecule has 0 bridgehead atoms. The van der Waals surface area contributed by atoms with Crippen LogP contribution in [-0.2, 0) is 12.8 Å². The summed E-state index contributed by atoms with van der Waals surface area (Å²) in [5.74, 6) is 0.512. The zero-order chi connectivity index (χ0) is 18.4. The highest BCUT2D eigenvalue weighted by Crippen LogP contribution is 2.19. The van der Waals surface area contributed by atoms with Crippen LogP contribution in [0, 0.1) is 5.82 Å². The van der Waals surface area contributed by atoms with Crippen LogP contribution >= 0.6 is 35.6 Å². The molecule has 0 atom stereocenters. The van der Waals surface area contributed by atoms with E-state index in [0.29, 0.717) is 11.7 Å². The fraction of sp³-hybridized carbons (Fsp3) is 0.263. The van der Waals surface area contributed by atoms with E-state index in [4.69, 9.17) is 11.6 Å². The minimum atomic E-state index is -0.222. The highest BCUT2D eigenvalue weighted by atomic mass is 127. The molecule has 0 aliphatic heterocycles. The van der Waals surface area contributed by atoms with Crippen molar-refractivity contribution in [1.82, 2.24) is 20.6 Å². The Morgan fingerprint density at radius 3 is 2.67 bits per heavy atom. The molecule has 0 saturated heterocycles.